The highest BCUT2D eigenvalue weighted by Crippen LogP contribution is 2.40. The third-order valence-electron chi connectivity index (χ3n) is 3.73. The first-order valence-electron chi connectivity index (χ1n) is 7.89. The number of anilines is 2. The molecule has 146 valence electrons. The molecule has 0 bridgehead atoms. The quantitative estimate of drug-likeness (QED) is 0.553. The summed E-state index contributed by atoms with van der Waals surface area (Å²) in [4.78, 5) is 12.3. The van der Waals surface area contributed by atoms with E-state index in [1.807, 2.05) is 0 Å². The third kappa shape index (κ3) is 4.66. The van der Waals surface area contributed by atoms with Crippen LogP contribution in [0, 0.1) is 0 Å². The van der Waals surface area contributed by atoms with Gasteiger partial charge in [0.25, 0.3) is 0 Å². The molecule has 0 heterocycles. The molecular weight excluding hydrogens is 376 g/mol. The van der Waals surface area contributed by atoms with Gasteiger partial charge in [-0.2, -0.15) is 0 Å². The maximum Gasteiger partial charge on any atom is 0.323 e. The van der Waals surface area contributed by atoms with Crippen molar-refractivity contribution in [2.75, 3.05) is 32.0 Å². The summed E-state index contributed by atoms with van der Waals surface area (Å²) in [7, 11) is 4.40. The van der Waals surface area contributed by atoms with E-state index in [4.69, 9.17) is 25.8 Å². The topological polar surface area (TPSA) is 109 Å². The Hall–Kier alpha value is -2.84. The molecule has 0 aliphatic carbocycles. The van der Waals surface area contributed by atoms with E-state index in [1.54, 1.807) is 12.1 Å². The van der Waals surface area contributed by atoms with Crippen molar-refractivity contribution < 1.29 is 29.2 Å². The minimum atomic E-state index is -0.956. The third-order valence-corrected chi connectivity index (χ3v) is 3.94. The van der Waals surface area contributed by atoms with E-state index in [0.717, 1.165) is 0 Å². The standard InChI is InChI=1S/C18H21ClN2O6/c1-9(22)12-5-10(19)6-13(16(12)23)21-18(24)20-11-7-14(25-2)17(27-4)15(8-11)26-3/h5-9,22-23H,1-4H3,(H2,20,21,24). The van der Waals surface area contributed by atoms with Crippen LogP contribution in [0.3, 0.4) is 0 Å². The van der Waals surface area contributed by atoms with Gasteiger partial charge in [0.05, 0.1) is 38.8 Å². The van der Waals surface area contributed by atoms with Crippen LogP contribution in [0.4, 0.5) is 16.2 Å². The zero-order valence-electron chi connectivity index (χ0n) is 15.3. The van der Waals surface area contributed by atoms with E-state index in [0.29, 0.717) is 22.9 Å². The van der Waals surface area contributed by atoms with Crippen molar-refractivity contribution >= 4 is 29.0 Å². The van der Waals surface area contributed by atoms with Crippen LogP contribution in [0.5, 0.6) is 23.0 Å². The van der Waals surface area contributed by atoms with E-state index in [1.165, 1.54) is 40.4 Å². The van der Waals surface area contributed by atoms with E-state index in [2.05, 4.69) is 10.6 Å². The van der Waals surface area contributed by atoms with Crippen molar-refractivity contribution in [2.45, 2.75) is 13.0 Å². The first-order valence-corrected chi connectivity index (χ1v) is 8.27. The molecule has 2 aromatic rings. The Kier molecular flexibility index (Phi) is 6.59. The summed E-state index contributed by atoms with van der Waals surface area (Å²) in [5.41, 5.74) is 0.633. The zero-order valence-corrected chi connectivity index (χ0v) is 16.0. The maximum absolute atomic E-state index is 12.3. The molecule has 2 rings (SSSR count). The summed E-state index contributed by atoms with van der Waals surface area (Å²) in [6.07, 6.45) is -0.956. The van der Waals surface area contributed by atoms with Gasteiger partial charge < -0.3 is 35.1 Å². The van der Waals surface area contributed by atoms with Crippen LogP contribution >= 0.6 is 11.6 Å². The van der Waals surface area contributed by atoms with Crippen LogP contribution < -0.4 is 24.8 Å². The average Bonchev–Trinajstić information content (AvgIpc) is 2.63. The van der Waals surface area contributed by atoms with Gasteiger partial charge in [-0.15, -0.1) is 0 Å². The number of methoxy groups -OCH3 is 3. The molecule has 2 aromatic carbocycles. The number of urea groups is 1. The molecule has 2 amide bonds. The molecule has 0 saturated heterocycles. The number of carbonyl (C=O) groups is 1. The van der Waals surface area contributed by atoms with Gasteiger partial charge in [-0.25, -0.2) is 4.79 Å². The summed E-state index contributed by atoms with van der Waals surface area (Å²) in [5.74, 6) is 0.859. The molecule has 1 atom stereocenters. The van der Waals surface area contributed by atoms with E-state index in [9.17, 15) is 15.0 Å². The molecule has 0 aliphatic heterocycles. The number of phenolic OH excluding ortho intramolecular Hbond substituents is 1. The predicted octanol–water partition coefficient (Wildman–Crippen LogP) is 3.77. The number of hydrogen-bond acceptors (Lipinski definition) is 6. The molecule has 0 aliphatic rings. The van der Waals surface area contributed by atoms with Crippen molar-refractivity contribution in [1.82, 2.24) is 0 Å². The Balaban J connectivity index is 2.26. The normalized spacial score (nSPS) is 11.5. The van der Waals surface area contributed by atoms with Crippen LogP contribution in [-0.4, -0.2) is 37.6 Å². The second-order valence-corrected chi connectivity index (χ2v) is 6.00. The van der Waals surface area contributed by atoms with E-state index in [-0.39, 0.29) is 22.0 Å². The van der Waals surface area contributed by atoms with Crippen LogP contribution in [0.25, 0.3) is 0 Å². The van der Waals surface area contributed by atoms with Crippen LogP contribution in [0.15, 0.2) is 24.3 Å². The Morgan fingerprint density at radius 2 is 1.63 bits per heavy atom. The monoisotopic (exact) mass is 396 g/mol. The molecule has 4 N–H and O–H groups in total. The molecule has 0 radical (unpaired) electrons. The van der Waals surface area contributed by atoms with Gasteiger partial charge >= 0.3 is 6.03 Å². The molecular formula is C18H21ClN2O6. The molecule has 0 fully saturated rings. The number of carbonyl (C=O) groups excluding carboxylic acids is 1. The Labute approximate surface area is 161 Å². The van der Waals surface area contributed by atoms with Gasteiger partial charge in [-0.3, -0.25) is 0 Å². The number of hydrogen-bond donors (Lipinski definition) is 4. The number of amides is 2. The van der Waals surface area contributed by atoms with Crippen LogP contribution in [0.1, 0.15) is 18.6 Å². The van der Waals surface area contributed by atoms with E-state index >= 15 is 0 Å². The SMILES string of the molecule is COc1cc(NC(=O)Nc2cc(Cl)cc(C(C)O)c2O)cc(OC)c1OC. The lowest BCUT2D eigenvalue weighted by atomic mass is 10.1. The molecule has 9 heteroatoms. The number of aliphatic hydroxyl groups excluding tert-OH is 1. The number of aromatic hydroxyl groups is 1. The van der Waals surface area contributed by atoms with E-state index < -0.39 is 12.1 Å². The van der Waals surface area contributed by atoms with Gasteiger partial charge in [0, 0.05) is 22.7 Å². The first-order chi connectivity index (χ1) is 12.8. The van der Waals surface area contributed by atoms with Crippen molar-refractivity contribution in [2.24, 2.45) is 0 Å². The van der Waals surface area contributed by atoms with Gasteiger partial charge in [0.2, 0.25) is 5.75 Å². The molecule has 0 spiro atoms. The fourth-order valence-corrected chi connectivity index (χ4v) is 2.70. The highest BCUT2D eigenvalue weighted by atomic mass is 35.5. The minimum absolute atomic E-state index is 0.0586. The Morgan fingerprint density at radius 1 is 1.04 bits per heavy atom. The first kappa shape index (κ1) is 20.5. The number of phenols is 1. The van der Waals surface area contributed by atoms with Crippen molar-refractivity contribution in [3.8, 4) is 23.0 Å². The van der Waals surface area contributed by atoms with Gasteiger partial charge in [0.15, 0.2) is 11.5 Å². The fraction of sp³-hybridized carbons (Fsp3) is 0.278. The number of halogens is 1. The summed E-state index contributed by atoms with van der Waals surface area (Å²) in [6, 6.07) is 5.26. The predicted molar refractivity (Wildman–Crippen MR) is 102 cm³/mol. The summed E-state index contributed by atoms with van der Waals surface area (Å²) in [6.45, 7) is 1.48. The number of nitrogens with one attached hydrogen (secondary N) is 2. The number of aliphatic hydroxyl groups is 1. The average molecular weight is 397 g/mol. The highest BCUT2D eigenvalue weighted by Gasteiger charge is 2.17. The lowest BCUT2D eigenvalue weighted by Gasteiger charge is -2.16. The minimum Gasteiger partial charge on any atom is -0.505 e. The lowest BCUT2D eigenvalue weighted by Crippen LogP contribution is -2.20. The largest absolute Gasteiger partial charge is 0.505 e. The Morgan fingerprint density at radius 3 is 2.11 bits per heavy atom. The zero-order chi connectivity index (χ0) is 20.1. The maximum atomic E-state index is 12.3. The second kappa shape index (κ2) is 8.70. The lowest BCUT2D eigenvalue weighted by molar-refractivity contribution is 0.195. The van der Waals surface area contributed by atoms with Gasteiger partial charge in [0.1, 0.15) is 5.75 Å². The number of ether oxygens (including phenoxy) is 3. The molecule has 1 unspecified atom stereocenters. The second-order valence-electron chi connectivity index (χ2n) is 5.56. The van der Waals surface area contributed by atoms with Gasteiger partial charge in [-0.1, -0.05) is 11.6 Å². The highest BCUT2D eigenvalue weighted by molar-refractivity contribution is 6.31. The van der Waals surface area contributed by atoms with Crippen LogP contribution in [-0.2, 0) is 0 Å². The van der Waals surface area contributed by atoms with Gasteiger partial charge in [-0.05, 0) is 19.1 Å². The smallest absolute Gasteiger partial charge is 0.323 e. The molecule has 8 nitrogen and oxygen atoms in total. The molecule has 0 saturated carbocycles. The molecule has 0 aromatic heterocycles. The summed E-state index contributed by atoms with van der Waals surface area (Å²) < 4.78 is 15.7. The summed E-state index contributed by atoms with van der Waals surface area (Å²) in [5, 5.41) is 25.3. The number of rotatable bonds is 6. The van der Waals surface area contributed by atoms with Crippen molar-refractivity contribution in [3.05, 3.63) is 34.9 Å². The van der Waals surface area contributed by atoms with Crippen molar-refractivity contribution in [1.29, 1.82) is 0 Å². The summed E-state index contributed by atoms with van der Waals surface area (Å²) >= 11 is 5.98. The van der Waals surface area contributed by atoms with Crippen molar-refractivity contribution in [3.63, 3.8) is 0 Å². The molecule has 27 heavy (non-hydrogen) atoms. The Bertz CT molecular complexity index is 816. The fourth-order valence-electron chi connectivity index (χ4n) is 2.47. The van der Waals surface area contributed by atoms with Crippen LogP contribution in [0.2, 0.25) is 5.02 Å². The number of benzene rings is 2.